The van der Waals surface area contributed by atoms with E-state index in [-0.39, 0.29) is 5.41 Å². The van der Waals surface area contributed by atoms with Crippen LogP contribution in [0, 0.1) is 6.92 Å². The van der Waals surface area contributed by atoms with Gasteiger partial charge in [0.2, 0.25) is 0 Å². The number of nitrogens with zero attached hydrogens (tertiary/aromatic N) is 2. The summed E-state index contributed by atoms with van der Waals surface area (Å²) in [4.78, 5) is 7.23. The van der Waals surface area contributed by atoms with Crippen LogP contribution in [0.15, 0.2) is 140 Å². The van der Waals surface area contributed by atoms with Crippen molar-refractivity contribution < 1.29 is 0 Å². The lowest BCUT2D eigenvalue weighted by Crippen LogP contribution is -2.30. The van der Waals surface area contributed by atoms with Crippen molar-refractivity contribution in [2.45, 2.75) is 26.2 Å². The highest BCUT2D eigenvalue weighted by atomic mass is 15.2. The van der Waals surface area contributed by atoms with Crippen LogP contribution < -0.4 is 4.90 Å². The van der Waals surface area contributed by atoms with Crippen LogP contribution in [0.5, 0.6) is 0 Å². The van der Waals surface area contributed by atoms with E-state index in [0.29, 0.717) is 0 Å². The average Bonchev–Trinajstić information content (AvgIpc) is 3.02. The van der Waals surface area contributed by atoms with E-state index < -0.39 is 0 Å². The predicted octanol–water partition coefficient (Wildman–Crippen LogP) is 10.5. The molecule has 6 aromatic rings. The molecule has 0 radical (unpaired) electrons. The van der Waals surface area contributed by atoms with Crippen molar-refractivity contribution in [3.8, 4) is 33.5 Å². The maximum absolute atomic E-state index is 4.82. The molecule has 7 rings (SSSR count). The Labute approximate surface area is 242 Å². The van der Waals surface area contributed by atoms with Gasteiger partial charge in [0, 0.05) is 22.9 Å². The van der Waals surface area contributed by atoms with Crippen molar-refractivity contribution in [3.05, 3.63) is 156 Å². The third kappa shape index (κ3) is 4.24. The number of pyridine rings is 1. The Bertz CT molecular complexity index is 1830. The normalized spacial score (nSPS) is 13.4. The van der Waals surface area contributed by atoms with Gasteiger partial charge >= 0.3 is 0 Å². The Morgan fingerprint density at radius 1 is 0.537 bits per heavy atom. The molecule has 0 bridgehead atoms. The quantitative estimate of drug-likeness (QED) is 0.226. The lowest BCUT2D eigenvalue weighted by atomic mass is 9.73. The van der Waals surface area contributed by atoms with Gasteiger partial charge in [-0.1, -0.05) is 111 Å². The number of para-hydroxylation sites is 2. The number of fused-ring (bicyclic) bond motifs is 2. The number of benzene rings is 5. The number of hydrogen-bond acceptors (Lipinski definition) is 2. The van der Waals surface area contributed by atoms with Gasteiger partial charge in [0.25, 0.3) is 0 Å². The van der Waals surface area contributed by atoms with E-state index in [2.05, 4.69) is 159 Å². The summed E-state index contributed by atoms with van der Waals surface area (Å²) >= 11 is 0. The minimum atomic E-state index is -0.0746. The second-order valence-electron chi connectivity index (χ2n) is 11.3. The van der Waals surface area contributed by atoms with Gasteiger partial charge in [-0.3, -0.25) is 4.98 Å². The molecular weight excluding hydrogens is 496 g/mol. The molecule has 1 aromatic heterocycles. The lowest BCUT2D eigenvalue weighted by Gasteiger charge is -2.42. The molecule has 1 aliphatic rings. The second kappa shape index (κ2) is 9.91. The fourth-order valence-electron chi connectivity index (χ4n) is 6.38. The molecular formula is C39H32N2. The SMILES string of the molecule is Cc1c(-c2ccccc2)ccnc1-c1cccc(-c2cccc(N3c4ccccc4C(C)(C)c4ccccc43)c2)c1. The van der Waals surface area contributed by atoms with Crippen LogP contribution in [0.3, 0.4) is 0 Å². The molecule has 2 heteroatoms. The summed E-state index contributed by atoms with van der Waals surface area (Å²) in [5.74, 6) is 0. The van der Waals surface area contributed by atoms with Crippen molar-refractivity contribution >= 4 is 17.1 Å². The Morgan fingerprint density at radius 3 is 1.80 bits per heavy atom. The van der Waals surface area contributed by atoms with Gasteiger partial charge in [0.1, 0.15) is 0 Å². The molecule has 2 heterocycles. The summed E-state index contributed by atoms with van der Waals surface area (Å²) in [6.45, 7) is 6.82. The fraction of sp³-hybridized carbons (Fsp3) is 0.103. The molecule has 198 valence electrons. The molecule has 0 spiro atoms. The van der Waals surface area contributed by atoms with Crippen LogP contribution >= 0.6 is 0 Å². The van der Waals surface area contributed by atoms with Crippen molar-refractivity contribution in [2.24, 2.45) is 0 Å². The monoisotopic (exact) mass is 528 g/mol. The van der Waals surface area contributed by atoms with Crippen LogP contribution in [-0.4, -0.2) is 4.98 Å². The summed E-state index contributed by atoms with van der Waals surface area (Å²) in [5.41, 5.74) is 14.3. The summed E-state index contributed by atoms with van der Waals surface area (Å²) in [6.07, 6.45) is 1.92. The summed E-state index contributed by atoms with van der Waals surface area (Å²) in [7, 11) is 0. The predicted molar refractivity (Wildman–Crippen MR) is 172 cm³/mol. The van der Waals surface area contributed by atoms with Crippen LogP contribution in [-0.2, 0) is 5.41 Å². The van der Waals surface area contributed by atoms with Crippen LogP contribution in [0.4, 0.5) is 17.1 Å². The summed E-state index contributed by atoms with van der Waals surface area (Å²) in [5, 5.41) is 0. The third-order valence-corrected chi connectivity index (χ3v) is 8.50. The van der Waals surface area contributed by atoms with Crippen LogP contribution in [0.1, 0.15) is 30.5 Å². The first-order valence-corrected chi connectivity index (χ1v) is 14.2. The minimum Gasteiger partial charge on any atom is -0.310 e. The number of rotatable bonds is 4. The molecule has 0 fully saturated rings. The topological polar surface area (TPSA) is 16.1 Å². The van der Waals surface area contributed by atoms with E-state index in [1.54, 1.807) is 0 Å². The Balaban J connectivity index is 1.32. The zero-order chi connectivity index (χ0) is 28.0. The highest BCUT2D eigenvalue weighted by Gasteiger charge is 2.36. The molecule has 0 N–H and O–H groups in total. The van der Waals surface area contributed by atoms with Crippen molar-refractivity contribution in [2.75, 3.05) is 4.90 Å². The molecule has 1 aliphatic heterocycles. The Kier molecular flexibility index (Phi) is 6.05. The standard InChI is InChI=1S/C39H32N2/c1-27-33(28-13-5-4-6-14-28)23-24-40-38(27)31-17-11-15-29(25-31)30-16-12-18-32(26-30)41-36-21-9-7-19-34(36)39(2,3)35-20-8-10-22-37(35)41/h4-26H,1-3H3. The van der Waals surface area contributed by atoms with Gasteiger partial charge in [0.15, 0.2) is 0 Å². The molecule has 5 aromatic carbocycles. The molecule has 0 atom stereocenters. The number of aromatic nitrogens is 1. The first-order valence-electron chi connectivity index (χ1n) is 14.2. The molecule has 41 heavy (non-hydrogen) atoms. The Hall–Kier alpha value is -4.95. The smallest absolute Gasteiger partial charge is 0.0737 e. The molecule has 0 amide bonds. The van der Waals surface area contributed by atoms with Gasteiger partial charge in [-0.2, -0.15) is 0 Å². The van der Waals surface area contributed by atoms with E-state index in [4.69, 9.17) is 4.98 Å². The van der Waals surface area contributed by atoms with Gasteiger partial charge < -0.3 is 4.90 Å². The molecule has 0 unspecified atom stereocenters. The Morgan fingerprint density at radius 2 is 1.10 bits per heavy atom. The third-order valence-electron chi connectivity index (χ3n) is 8.50. The van der Waals surface area contributed by atoms with E-state index in [0.717, 1.165) is 16.9 Å². The van der Waals surface area contributed by atoms with E-state index >= 15 is 0 Å². The van der Waals surface area contributed by atoms with Crippen molar-refractivity contribution in [1.82, 2.24) is 4.98 Å². The van der Waals surface area contributed by atoms with Crippen molar-refractivity contribution in [1.29, 1.82) is 0 Å². The van der Waals surface area contributed by atoms with Gasteiger partial charge in [-0.25, -0.2) is 0 Å². The largest absolute Gasteiger partial charge is 0.310 e. The average molecular weight is 529 g/mol. The van der Waals surface area contributed by atoms with Crippen LogP contribution in [0.2, 0.25) is 0 Å². The van der Waals surface area contributed by atoms with Gasteiger partial charge in [-0.05, 0) is 82.3 Å². The number of anilines is 3. The van der Waals surface area contributed by atoms with E-state index in [1.165, 1.54) is 50.3 Å². The highest BCUT2D eigenvalue weighted by molar-refractivity contribution is 5.87. The zero-order valence-electron chi connectivity index (χ0n) is 23.7. The molecule has 0 aliphatic carbocycles. The maximum atomic E-state index is 4.82. The van der Waals surface area contributed by atoms with E-state index in [9.17, 15) is 0 Å². The fourth-order valence-corrected chi connectivity index (χ4v) is 6.38. The number of hydrogen-bond donors (Lipinski definition) is 0. The molecule has 0 saturated carbocycles. The van der Waals surface area contributed by atoms with Gasteiger partial charge in [0.05, 0.1) is 17.1 Å². The second-order valence-corrected chi connectivity index (χ2v) is 11.3. The molecule has 2 nitrogen and oxygen atoms in total. The zero-order valence-corrected chi connectivity index (χ0v) is 23.7. The highest BCUT2D eigenvalue weighted by Crippen LogP contribution is 2.51. The summed E-state index contributed by atoms with van der Waals surface area (Å²) in [6, 6.07) is 47.9. The first-order chi connectivity index (χ1) is 20.0. The van der Waals surface area contributed by atoms with Gasteiger partial charge in [-0.15, -0.1) is 0 Å². The van der Waals surface area contributed by atoms with Crippen molar-refractivity contribution in [3.63, 3.8) is 0 Å². The first kappa shape index (κ1) is 25.0. The molecule has 0 saturated heterocycles. The van der Waals surface area contributed by atoms with E-state index in [1.807, 2.05) is 6.20 Å². The minimum absolute atomic E-state index is 0.0746. The summed E-state index contributed by atoms with van der Waals surface area (Å²) < 4.78 is 0. The lowest BCUT2D eigenvalue weighted by molar-refractivity contribution is 0.632. The van der Waals surface area contributed by atoms with Crippen LogP contribution in [0.25, 0.3) is 33.5 Å². The maximum Gasteiger partial charge on any atom is 0.0737 e.